The molecule has 0 aromatic heterocycles. The highest BCUT2D eigenvalue weighted by Crippen LogP contribution is 2.31. The maximum absolute atomic E-state index is 9.31. The van der Waals surface area contributed by atoms with Crippen LogP contribution in [0.5, 0.6) is 11.5 Å². The van der Waals surface area contributed by atoms with E-state index in [0.717, 1.165) is 5.56 Å². The van der Waals surface area contributed by atoms with Crippen molar-refractivity contribution in [3.05, 3.63) is 23.3 Å². The standard InChI is InChI=1S/C9H12O3/c1-6-3-4-8(11)9(12-2)7(6)5-10/h3-4,10-11H,5H2,1-2H3. The molecule has 3 nitrogen and oxygen atoms in total. The lowest BCUT2D eigenvalue weighted by Crippen LogP contribution is -1.95. The molecule has 0 heterocycles. The molecule has 0 saturated carbocycles. The molecule has 0 amide bonds. The van der Waals surface area contributed by atoms with Gasteiger partial charge in [0.1, 0.15) is 0 Å². The second-order valence-electron chi connectivity index (χ2n) is 2.57. The molecule has 1 rings (SSSR count). The summed E-state index contributed by atoms with van der Waals surface area (Å²) in [7, 11) is 1.47. The average Bonchev–Trinajstić information content (AvgIpc) is 2.08. The predicted octanol–water partition coefficient (Wildman–Crippen LogP) is 1.20. The molecule has 0 aliphatic carbocycles. The number of phenolic OH excluding ortho intramolecular Hbond substituents is 1. The number of aliphatic hydroxyl groups is 1. The normalized spacial score (nSPS) is 9.92. The van der Waals surface area contributed by atoms with Gasteiger partial charge in [-0.25, -0.2) is 0 Å². The summed E-state index contributed by atoms with van der Waals surface area (Å²) < 4.78 is 4.94. The Bertz CT molecular complexity index is 252. The Morgan fingerprint density at radius 2 is 2.08 bits per heavy atom. The Labute approximate surface area is 71.2 Å². The van der Waals surface area contributed by atoms with E-state index >= 15 is 0 Å². The van der Waals surface area contributed by atoms with Gasteiger partial charge in [0.2, 0.25) is 0 Å². The second-order valence-corrected chi connectivity index (χ2v) is 2.57. The third kappa shape index (κ3) is 1.36. The number of methoxy groups -OCH3 is 1. The van der Waals surface area contributed by atoms with Gasteiger partial charge in [-0.15, -0.1) is 0 Å². The number of aryl methyl sites for hydroxylation is 1. The van der Waals surface area contributed by atoms with Crippen molar-refractivity contribution in [3.8, 4) is 11.5 Å². The largest absolute Gasteiger partial charge is 0.504 e. The molecular weight excluding hydrogens is 156 g/mol. The van der Waals surface area contributed by atoms with Crippen LogP contribution in [0.25, 0.3) is 0 Å². The van der Waals surface area contributed by atoms with Gasteiger partial charge in [0, 0.05) is 5.56 Å². The zero-order chi connectivity index (χ0) is 9.14. The molecule has 0 bridgehead atoms. The quantitative estimate of drug-likeness (QED) is 0.697. The molecule has 0 aliphatic heterocycles. The topological polar surface area (TPSA) is 49.7 Å². The number of hydrogen-bond donors (Lipinski definition) is 2. The maximum Gasteiger partial charge on any atom is 0.166 e. The number of rotatable bonds is 2. The summed E-state index contributed by atoms with van der Waals surface area (Å²) in [5.74, 6) is 0.421. The second kappa shape index (κ2) is 3.45. The molecule has 66 valence electrons. The van der Waals surface area contributed by atoms with Gasteiger partial charge < -0.3 is 14.9 Å². The molecule has 1 aromatic rings. The zero-order valence-corrected chi connectivity index (χ0v) is 7.16. The lowest BCUT2D eigenvalue weighted by Gasteiger charge is -2.10. The maximum atomic E-state index is 9.31. The highest BCUT2D eigenvalue weighted by molar-refractivity contribution is 5.49. The van der Waals surface area contributed by atoms with Gasteiger partial charge in [0.05, 0.1) is 13.7 Å². The van der Waals surface area contributed by atoms with Crippen LogP contribution >= 0.6 is 0 Å². The van der Waals surface area contributed by atoms with Gasteiger partial charge >= 0.3 is 0 Å². The van der Waals surface area contributed by atoms with Crippen LogP contribution in [0, 0.1) is 6.92 Å². The monoisotopic (exact) mass is 168 g/mol. The summed E-state index contributed by atoms with van der Waals surface area (Å²) in [4.78, 5) is 0. The van der Waals surface area contributed by atoms with E-state index in [9.17, 15) is 5.11 Å². The van der Waals surface area contributed by atoms with Crippen molar-refractivity contribution >= 4 is 0 Å². The first kappa shape index (κ1) is 8.87. The summed E-state index contributed by atoms with van der Waals surface area (Å²) in [6.07, 6.45) is 0. The Morgan fingerprint density at radius 1 is 1.42 bits per heavy atom. The Kier molecular flexibility index (Phi) is 2.55. The van der Waals surface area contributed by atoms with Crippen LogP contribution in [0.3, 0.4) is 0 Å². The molecule has 0 atom stereocenters. The molecule has 0 fully saturated rings. The molecule has 1 aromatic carbocycles. The minimum absolute atomic E-state index is 0.0622. The van der Waals surface area contributed by atoms with Gasteiger partial charge in [-0.05, 0) is 18.6 Å². The van der Waals surface area contributed by atoms with Gasteiger partial charge in [-0.1, -0.05) is 6.07 Å². The Balaban J connectivity index is 3.28. The zero-order valence-electron chi connectivity index (χ0n) is 7.16. The van der Waals surface area contributed by atoms with Crippen LogP contribution in [0.2, 0.25) is 0 Å². The predicted molar refractivity (Wildman–Crippen MR) is 45.3 cm³/mol. The van der Waals surface area contributed by atoms with Crippen LogP contribution in [-0.2, 0) is 6.61 Å². The molecule has 0 unspecified atom stereocenters. The smallest absolute Gasteiger partial charge is 0.166 e. The number of aliphatic hydroxyl groups excluding tert-OH is 1. The molecule has 0 spiro atoms. The summed E-state index contributed by atoms with van der Waals surface area (Å²) in [6.45, 7) is 1.73. The Hall–Kier alpha value is -1.22. The minimum Gasteiger partial charge on any atom is -0.504 e. The van der Waals surface area contributed by atoms with Crippen LogP contribution < -0.4 is 4.74 Å². The van der Waals surface area contributed by atoms with Crippen LogP contribution in [0.1, 0.15) is 11.1 Å². The van der Waals surface area contributed by atoms with Crippen LogP contribution in [0.15, 0.2) is 12.1 Å². The minimum atomic E-state index is -0.122. The van der Waals surface area contributed by atoms with Gasteiger partial charge in [0.15, 0.2) is 11.5 Å². The average molecular weight is 168 g/mol. The number of hydrogen-bond acceptors (Lipinski definition) is 3. The number of ether oxygens (including phenoxy) is 1. The fourth-order valence-corrected chi connectivity index (χ4v) is 1.14. The Morgan fingerprint density at radius 3 is 2.50 bits per heavy atom. The SMILES string of the molecule is COc1c(O)ccc(C)c1CO. The number of aromatic hydroxyl groups is 1. The first-order valence-electron chi connectivity index (χ1n) is 3.67. The molecule has 0 saturated heterocycles. The first-order valence-corrected chi connectivity index (χ1v) is 3.67. The summed E-state index contributed by atoms with van der Waals surface area (Å²) in [5, 5.41) is 18.3. The third-order valence-electron chi connectivity index (χ3n) is 1.84. The van der Waals surface area contributed by atoms with Crippen molar-refractivity contribution in [2.45, 2.75) is 13.5 Å². The van der Waals surface area contributed by atoms with Gasteiger partial charge in [-0.2, -0.15) is 0 Å². The molecule has 2 N–H and O–H groups in total. The van der Waals surface area contributed by atoms with E-state index in [2.05, 4.69) is 0 Å². The molecule has 0 radical (unpaired) electrons. The van der Waals surface area contributed by atoms with E-state index in [-0.39, 0.29) is 12.4 Å². The van der Waals surface area contributed by atoms with Crippen LogP contribution in [0.4, 0.5) is 0 Å². The van der Waals surface area contributed by atoms with E-state index < -0.39 is 0 Å². The highest BCUT2D eigenvalue weighted by atomic mass is 16.5. The molecule has 3 heteroatoms. The summed E-state index contributed by atoms with van der Waals surface area (Å²) in [5.41, 5.74) is 1.55. The van der Waals surface area contributed by atoms with E-state index in [0.29, 0.717) is 11.3 Å². The highest BCUT2D eigenvalue weighted by Gasteiger charge is 2.09. The van der Waals surface area contributed by atoms with E-state index in [1.807, 2.05) is 6.92 Å². The van der Waals surface area contributed by atoms with Crippen molar-refractivity contribution in [2.24, 2.45) is 0 Å². The first-order chi connectivity index (χ1) is 5.70. The van der Waals surface area contributed by atoms with Crippen molar-refractivity contribution < 1.29 is 14.9 Å². The molecular formula is C9H12O3. The van der Waals surface area contributed by atoms with E-state index in [1.54, 1.807) is 12.1 Å². The van der Waals surface area contributed by atoms with Gasteiger partial charge in [-0.3, -0.25) is 0 Å². The fraction of sp³-hybridized carbons (Fsp3) is 0.333. The number of phenols is 1. The van der Waals surface area contributed by atoms with Crippen molar-refractivity contribution in [1.29, 1.82) is 0 Å². The van der Waals surface area contributed by atoms with E-state index in [1.165, 1.54) is 7.11 Å². The van der Waals surface area contributed by atoms with Crippen molar-refractivity contribution in [2.75, 3.05) is 7.11 Å². The lowest BCUT2D eigenvalue weighted by molar-refractivity contribution is 0.270. The van der Waals surface area contributed by atoms with Gasteiger partial charge in [0.25, 0.3) is 0 Å². The number of benzene rings is 1. The van der Waals surface area contributed by atoms with Crippen molar-refractivity contribution in [3.63, 3.8) is 0 Å². The molecule has 0 aliphatic rings. The lowest BCUT2D eigenvalue weighted by atomic mass is 10.1. The van der Waals surface area contributed by atoms with Crippen molar-refractivity contribution in [1.82, 2.24) is 0 Å². The molecule has 12 heavy (non-hydrogen) atoms. The third-order valence-corrected chi connectivity index (χ3v) is 1.84. The summed E-state index contributed by atoms with van der Waals surface area (Å²) >= 11 is 0. The van der Waals surface area contributed by atoms with E-state index in [4.69, 9.17) is 9.84 Å². The summed E-state index contributed by atoms with van der Waals surface area (Å²) in [6, 6.07) is 3.29. The van der Waals surface area contributed by atoms with Crippen LogP contribution in [-0.4, -0.2) is 17.3 Å². The fourth-order valence-electron chi connectivity index (χ4n) is 1.14.